The van der Waals surface area contributed by atoms with Gasteiger partial charge in [0.2, 0.25) is 0 Å². The lowest BCUT2D eigenvalue weighted by molar-refractivity contribution is 0.341. The van der Waals surface area contributed by atoms with Crippen molar-refractivity contribution < 1.29 is 0 Å². The first-order valence-corrected chi connectivity index (χ1v) is 7.65. The summed E-state index contributed by atoms with van der Waals surface area (Å²) < 4.78 is 2.07. The highest BCUT2D eigenvalue weighted by atomic mass is 15.3. The summed E-state index contributed by atoms with van der Waals surface area (Å²) in [4.78, 5) is 11.8. The molecule has 2 aromatic heterocycles. The number of nitrogens with one attached hydrogen (secondary N) is 1. The summed E-state index contributed by atoms with van der Waals surface area (Å²) in [5.41, 5.74) is 0.982. The number of fused-ring (bicyclic) bond motifs is 2. The van der Waals surface area contributed by atoms with Crippen molar-refractivity contribution in [2.45, 2.75) is 38.1 Å². The summed E-state index contributed by atoms with van der Waals surface area (Å²) in [5, 5.41) is 3.16. The molecule has 1 N–H and O–H groups in total. The van der Waals surface area contributed by atoms with Gasteiger partial charge in [-0.3, -0.25) is 0 Å². The Kier molecular flexibility index (Phi) is 2.79. The van der Waals surface area contributed by atoms with Crippen molar-refractivity contribution in [3.8, 4) is 0 Å². The molecule has 106 valence electrons. The van der Waals surface area contributed by atoms with Gasteiger partial charge in [-0.15, -0.1) is 0 Å². The molecule has 0 spiro atoms. The van der Waals surface area contributed by atoms with Gasteiger partial charge in [-0.05, 0) is 25.2 Å². The number of aromatic nitrogens is 3. The Hall–Kier alpha value is -1.78. The van der Waals surface area contributed by atoms with Crippen LogP contribution in [0.25, 0.3) is 5.65 Å². The van der Waals surface area contributed by atoms with Crippen molar-refractivity contribution in [1.82, 2.24) is 14.4 Å². The van der Waals surface area contributed by atoms with Crippen molar-refractivity contribution in [2.24, 2.45) is 5.92 Å². The van der Waals surface area contributed by atoms with Crippen LogP contribution in [0.3, 0.4) is 0 Å². The first-order chi connectivity index (χ1) is 9.86. The van der Waals surface area contributed by atoms with Crippen LogP contribution in [-0.2, 0) is 0 Å². The summed E-state index contributed by atoms with van der Waals surface area (Å²) >= 11 is 0. The number of hydrogen-bond donors (Lipinski definition) is 1. The second-order valence-corrected chi connectivity index (χ2v) is 5.95. The SMILES string of the molecule is CNc1cn2ccnc2c(N2CCC3CCCCC32)n1. The second-order valence-electron chi connectivity index (χ2n) is 5.95. The molecule has 20 heavy (non-hydrogen) atoms. The van der Waals surface area contributed by atoms with Crippen molar-refractivity contribution in [1.29, 1.82) is 0 Å². The third kappa shape index (κ3) is 1.76. The molecule has 0 radical (unpaired) electrons. The van der Waals surface area contributed by atoms with Crippen molar-refractivity contribution >= 4 is 17.3 Å². The first-order valence-electron chi connectivity index (χ1n) is 7.65. The molecule has 1 saturated carbocycles. The van der Waals surface area contributed by atoms with Gasteiger partial charge in [0, 0.05) is 32.0 Å². The third-order valence-electron chi connectivity index (χ3n) is 4.89. The molecule has 5 nitrogen and oxygen atoms in total. The van der Waals surface area contributed by atoms with Gasteiger partial charge in [0.05, 0.1) is 6.20 Å². The van der Waals surface area contributed by atoms with E-state index in [1.165, 1.54) is 32.1 Å². The topological polar surface area (TPSA) is 45.5 Å². The fourth-order valence-electron chi connectivity index (χ4n) is 3.90. The molecular formula is C15H21N5. The van der Waals surface area contributed by atoms with Gasteiger partial charge < -0.3 is 14.6 Å². The van der Waals surface area contributed by atoms with Crippen LogP contribution >= 0.6 is 0 Å². The maximum atomic E-state index is 4.80. The van der Waals surface area contributed by atoms with E-state index in [0.717, 1.165) is 29.7 Å². The van der Waals surface area contributed by atoms with Gasteiger partial charge in [0.15, 0.2) is 11.5 Å². The molecule has 2 unspecified atom stereocenters. The zero-order valence-corrected chi connectivity index (χ0v) is 11.9. The van der Waals surface area contributed by atoms with E-state index < -0.39 is 0 Å². The molecule has 0 aromatic carbocycles. The number of rotatable bonds is 2. The zero-order valence-electron chi connectivity index (χ0n) is 11.9. The van der Waals surface area contributed by atoms with Gasteiger partial charge in [-0.2, -0.15) is 0 Å². The molecule has 1 saturated heterocycles. The summed E-state index contributed by atoms with van der Waals surface area (Å²) in [5.74, 6) is 2.82. The predicted molar refractivity (Wildman–Crippen MR) is 80.2 cm³/mol. The number of nitrogens with zero attached hydrogens (tertiary/aromatic N) is 4. The average molecular weight is 271 g/mol. The van der Waals surface area contributed by atoms with Crippen LogP contribution in [0, 0.1) is 5.92 Å². The number of imidazole rings is 1. The van der Waals surface area contributed by atoms with Gasteiger partial charge >= 0.3 is 0 Å². The van der Waals surface area contributed by atoms with E-state index >= 15 is 0 Å². The molecule has 2 fully saturated rings. The number of hydrogen-bond acceptors (Lipinski definition) is 4. The largest absolute Gasteiger partial charge is 0.372 e. The molecule has 4 rings (SSSR count). The zero-order chi connectivity index (χ0) is 13.5. The van der Waals surface area contributed by atoms with Gasteiger partial charge in [0.1, 0.15) is 5.82 Å². The molecule has 5 heteroatoms. The lowest BCUT2D eigenvalue weighted by Gasteiger charge is -2.32. The highest BCUT2D eigenvalue weighted by Crippen LogP contribution is 2.39. The summed E-state index contributed by atoms with van der Waals surface area (Å²) in [7, 11) is 1.92. The van der Waals surface area contributed by atoms with E-state index in [0.29, 0.717) is 6.04 Å². The second kappa shape index (κ2) is 4.65. The van der Waals surface area contributed by atoms with Gasteiger partial charge in [-0.25, -0.2) is 9.97 Å². The van der Waals surface area contributed by atoms with E-state index in [1.54, 1.807) is 0 Å². The molecule has 1 aliphatic carbocycles. The molecule has 0 bridgehead atoms. The van der Waals surface area contributed by atoms with Gasteiger partial charge in [-0.1, -0.05) is 12.8 Å². The fourth-order valence-corrected chi connectivity index (χ4v) is 3.90. The Morgan fingerprint density at radius 3 is 3.05 bits per heavy atom. The minimum Gasteiger partial charge on any atom is -0.372 e. The molecule has 1 aliphatic heterocycles. The minimum absolute atomic E-state index is 0.670. The van der Waals surface area contributed by atoms with E-state index in [9.17, 15) is 0 Å². The van der Waals surface area contributed by atoms with Crippen LogP contribution in [0.1, 0.15) is 32.1 Å². The molecule has 2 aliphatic rings. The van der Waals surface area contributed by atoms with Crippen LogP contribution in [0.2, 0.25) is 0 Å². The van der Waals surface area contributed by atoms with Crippen molar-refractivity contribution in [2.75, 3.05) is 23.8 Å². The maximum Gasteiger partial charge on any atom is 0.180 e. The Morgan fingerprint density at radius 2 is 2.15 bits per heavy atom. The summed E-state index contributed by atoms with van der Waals surface area (Å²) in [6.07, 6.45) is 12.6. The molecule has 2 atom stereocenters. The lowest BCUT2D eigenvalue weighted by Crippen LogP contribution is -2.35. The monoisotopic (exact) mass is 271 g/mol. The van der Waals surface area contributed by atoms with Crippen molar-refractivity contribution in [3.05, 3.63) is 18.6 Å². The van der Waals surface area contributed by atoms with Crippen LogP contribution in [0.15, 0.2) is 18.6 Å². The molecule has 0 amide bonds. The predicted octanol–water partition coefficient (Wildman–Crippen LogP) is 2.54. The average Bonchev–Trinajstić information content (AvgIpc) is 3.12. The van der Waals surface area contributed by atoms with Crippen LogP contribution in [-0.4, -0.2) is 34.0 Å². The summed E-state index contributed by atoms with van der Waals surface area (Å²) in [6.45, 7) is 1.12. The van der Waals surface area contributed by atoms with E-state index in [4.69, 9.17) is 4.98 Å². The van der Waals surface area contributed by atoms with Crippen LogP contribution in [0.5, 0.6) is 0 Å². The smallest absolute Gasteiger partial charge is 0.180 e. The summed E-state index contributed by atoms with van der Waals surface area (Å²) in [6, 6.07) is 0.670. The van der Waals surface area contributed by atoms with Crippen LogP contribution < -0.4 is 10.2 Å². The van der Waals surface area contributed by atoms with E-state index in [1.807, 2.05) is 25.6 Å². The quantitative estimate of drug-likeness (QED) is 0.911. The Morgan fingerprint density at radius 1 is 1.25 bits per heavy atom. The Bertz CT molecular complexity index is 620. The van der Waals surface area contributed by atoms with Gasteiger partial charge in [0.25, 0.3) is 0 Å². The van der Waals surface area contributed by atoms with E-state index in [-0.39, 0.29) is 0 Å². The number of anilines is 2. The molecule has 2 aromatic rings. The molecule has 3 heterocycles. The highest BCUT2D eigenvalue weighted by molar-refractivity contribution is 5.67. The normalized spacial score (nSPS) is 25.9. The maximum absolute atomic E-state index is 4.80. The minimum atomic E-state index is 0.670. The lowest BCUT2D eigenvalue weighted by atomic mass is 9.85. The Labute approximate surface area is 119 Å². The highest BCUT2D eigenvalue weighted by Gasteiger charge is 2.37. The molecular weight excluding hydrogens is 250 g/mol. The Balaban J connectivity index is 1.79. The van der Waals surface area contributed by atoms with Crippen LogP contribution in [0.4, 0.5) is 11.6 Å². The first kappa shape index (κ1) is 12.0. The van der Waals surface area contributed by atoms with Crippen molar-refractivity contribution in [3.63, 3.8) is 0 Å². The van der Waals surface area contributed by atoms with E-state index in [2.05, 4.69) is 19.6 Å². The fraction of sp³-hybridized carbons (Fsp3) is 0.600. The third-order valence-corrected chi connectivity index (χ3v) is 4.89. The standard InChI is InChI=1S/C15H21N5/c1-16-13-10-19-9-7-17-14(19)15(18-13)20-8-6-11-4-2-3-5-12(11)20/h7,9-12,16H,2-6,8H2,1H3.